The maximum atomic E-state index is 11.9. The van der Waals surface area contributed by atoms with Crippen molar-refractivity contribution in [3.63, 3.8) is 0 Å². The van der Waals surface area contributed by atoms with Gasteiger partial charge in [0, 0.05) is 9.37 Å². The van der Waals surface area contributed by atoms with Crippen LogP contribution in [-0.4, -0.2) is 11.7 Å². The Hall–Kier alpha value is -1.17. The van der Waals surface area contributed by atoms with Gasteiger partial charge in [0.25, 0.3) is 0 Å². The van der Waals surface area contributed by atoms with Crippen LogP contribution in [0.15, 0.2) is 51.8 Å². The molecule has 0 atom stereocenters. The van der Waals surface area contributed by atoms with Crippen LogP contribution >= 0.6 is 39.3 Å². The number of carbonyl (C=O) groups excluding carboxylic acids is 1. The van der Waals surface area contributed by atoms with E-state index in [1.165, 1.54) is 11.8 Å². The maximum Gasteiger partial charge on any atom is 0.234 e. The van der Waals surface area contributed by atoms with Crippen LogP contribution in [0.2, 0.25) is 5.02 Å². The Balaban J connectivity index is 1.92. The minimum Gasteiger partial charge on any atom is -0.398 e. The molecule has 0 aliphatic carbocycles. The molecule has 0 bridgehead atoms. The lowest BCUT2D eigenvalue weighted by molar-refractivity contribution is -0.113. The molecule has 0 radical (unpaired) electrons. The van der Waals surface area contributed by atoms with E-state index in [-0.39, 0.29) is 5.91 Å². The molecule has 0 unspecified atom stereocenters. The summed E-state index contributed by atoms with van der Waals surface area (Å²) in [5, 5.41) is 3.34. The summed E-state index contributed by atoms with van der Waals surface area (Å²) >= 11 is 10.7. The second kappa shape index (κ2) is 7.02. The molecular formula is C14H12BrClN2OS. The molecule has 20 heavy (non-hydrogen) atoms. The lowest BCUT2D eigenvalue weighted by Crippen LogP contribution is -2.14. The third-order valence-corrected chi connectivity index (χ3v) is 4.50. The topological polar surface area (TPSA) is 55.1 Å². The molecule has 2 rings (SSSR count). The van der Waals surface area contributed by atoms with Crippen molar-refractivity contribution in [3.05, 3.63) is 52.0 Å². The van der Waals surface area contributed by atoms with Crippen LogP contribution in [0.5, 0.6) is 0 Å². The number of nitrogens with one attached hydrogen (secondary N) is 1. The SMILES string of the molecule is Nc1ccc(SCC(=O)Nc2ccccc2Br)cc1Cl. The van der Waals surface area contributed by atoms with Gasteiger partial charge in [0.15, 0.2) is 0 Å². The lowest BCUT2D eigenvalue weighted by Gasteiger charge is -2.07. The van der Waals surface area contributed by atoms with E-state index >= 15 is 0 Å². The highest BCUT2D eigenvalue weighted by molar-refractivity contribution is 9.10. The molecule has 3 nitrogen and oxygen atoms in total. The smallest absolute Gasteiger partial charge is 0.234 e. The van der Waals surface area contributed by atoms with E-state index in [1.54, 1.807) is 12.1 Å². The Bertz CT molecular complexity index is 636. The number of hydrogen-bond acceptors (Lipinski definition) is 3. The number of rotatable bonds is 4. The molecule has 0 heterocycles. The van der Waals surface area contributed by atoms with E-state index in [9.17, 15) is 4.79 Å². The van der Waals surface area contributed by atoms with Gasteiger partial charge in [-0.1, -0.05) is 23.7 Å². The summed E-state index contributed by atoms with van der Waals surface area (Å²) in [4.78, 5) is 12.8. The number of thioether (sulfide) groups is 1. The van der Waals surface area contributed by atoms with Crippen molar-refractivity contribution < 1.29 is 4.79 Å². The van der Waals surface area contributed by atoms with E-state index in [1.807, 2.05) is 30.3 Å². The molecular weight excluding hydrogens is 360 g/mol. The Morgan fingerprint density at radius 1 is 1.30 bits per heavy atom. The number of hydrogen-bond donors (Lipinski definition) is 2. The van der Waals surface area contributed by atoms with Crippen LogP contribution in [-0.2, 0) is 4.79 Å². The highest BCUT2D eigenvalue weighted by atomic mass is 79.9. The molecule has 0 saturated heterocycles. The fourth-order valence-electron chi connectivity index (χ4n) is 1.50. The number of amides is 1. The molecule has 0 aromatic heterocycles. The molecule has 104 valence electrons. The first-order valence-corrected chi connectivity index (χ1v) is 7.94. The molecule has 0 saturated carbocycles. The standard InChI is InChI=1S/C14H12BrClN2OS/c15-10-3-1-2-4-13(10)18-14(19)8-20-9-5-6-12(17)11(16)7-9/h1-7H,8,17H2,(H,18,19). The van der Waals surface area contributed by atoms with Gasteiger partial charge in [-0.25, -0.2) is 0 Å². The van der Waals surface area contributed by atoms with Crippen molar-refractivity contribution in [2.75, 3.05) is 16.8 Å². The Morgan fingerprint density at radius 3 is 2.75 bits per heavy atom. The summed E-state index contributed by atoms with van der Waals surface area (Å²) < 4.78 is 0.855. The van der Waals surface area contributed by atoms with Crippen molar-refractivity contribution in [2.24, 2.45) is 0 Å². The Kier molecular flexibility index (Phi) is 5.34. The highest BCUT2D eigenvalue weighted by Gasteiger charge is 2.06. The van der Waals surface area contributed by atoms with Gasteiger partial charge >= 0.3 is 0 Å². The maximum absolute atomic E-state index is 11.9. The van der Waals surface area contributed by atoms with Crippen molar-refractivity contribution in [3.8, 4) is 0 Å². The van der Waals surface area contributed by atoms with Gasteiger partial charge in [-0.05, 0) is 46.3 Å². The zero-order valence-corrected chi connectivity index (χ0v) is 13.6. The second-order valence-corrected chi connectivity index (χ2v) is 6.31. The predicted molar refractivity (Wildman–Crippen MR) is 89.4 cm³/mol. The van der Waals surface area contributed by atoms with E-state index in [2.05, 4.69) is 21.2 Å². The van der Waals surface area contributed by atoms with Gasteiger partial charge in [-0.2, -0.15) is 0 Å². The molecule has 6 heteroatoms. The Morgan fingerprint density at radius 2 is 2.05 bits per heavy atom. The second-order valence-electron chi connectivity index (χ2n) is 4.00. The van der Waals surface area contributed by atoms with Crippen molar-refractivity contribution in [1.82, 2.24) is 0 Å². The molecule has 2 aromatic carbocycles. The normalized spacial score (nSPS) is 10.3. The molecule has 1 amide bonds. The van der Waals surface area contributed by atoms with Crippen LogP contribution < -0.4 is 11.1 Å². The van der Waals surface area contributed by atoms with Crippen LogP contribution in [0.1, 0.15) is 0 Å². The molecule has 0 aliphatic heterocycles. The molecule has 3 N–H and O–H groups in total. The predicted octanol–water partition coefficient (Wildman–Crippen LogP) is 4.42. The first-order valence-electron chi connectivity index (χ1n) is 5.78. The summed E-state index contributed by atoms with van der Waals surface area (Å²) in [6, 6.07) is 12.8. The van der Waals surface area contributed by atoms with Gasteiger partial charge in [0.05, 0.1) is 22.2 Å². The summed E-state index contributed by atoms with van der Waals surface area (Å²) in [7, 11) is 0. The van der Waals surface area contributed by atoms with Gasteiger partial charge in [-0.3, -0.25) is 4.79 Å². The average Bonchev–Trinajstić information content (AvgIpc) is 2.43. The van der Waals surface area contributed by atoms with E-state index < -0.39 is 0 Å². The molecule has 0 fully saturated rings. The number of carbonyl (C=O) groups is 1. The van der Waals surface area contributed by atoms with Crippen molar-refractivity contribution >= 4 is 56.6 Å². The average molecular weight is 372 g/mol. The minimum atomic E-state index is -0.0742. The van der Waals surface area contributed by atoms with Crippen molar-refractivity contribution in [1.29, 1.82) is 0 Å². The lowest BCUT2D eigenvalue weighted by atomic mass is 10.3. The van der Waals surface area contributed by atoms with Gasteiger partial charge in [0.1, 0.15) is 0 Å². The van der Waals surface area contributed by atoms with Crippen molar-refractivity contribution in [2.45, 2.75) is 4.90 Å². The number of nitrogens with two attached hydrogens (primary N) is 1. The van der Waals surface area contributed by atoms with Crippen LogP contribution in [0, 0.1) is 0 Å². The largest absolute Gasteiger partial charge is 0.398 e. The molecule has 0 aliphatic rings. The summed E-state index contributed by atoms with van der Waals surface area (Å²) in [5.41, 5.74) is 6.93. The first-order chi connectivity index (χ1) is 9.56. The van der Waals surface area contributed by atoms with Gasteiger partial charge in [-0.15, -0.1) is 11.8 Å². The number of para-hydroxylation sites is 1. The van der Waals surface area contributed by atoms with Crippen LogP contribution in [0.25, 0.3) is 0 Å². The van der Waals surface area contributed by atoms with E-state index in [0.29, 0.717) is 16.5 Å². The molecule has 2 aromatic rings. The number of benzene rings is 2. The summed E-state index contributed by atoms with van der Waals surface area (Å²) in [5.74, 6) is 0.233. The zero-order valence-electron chi connectivity index (χ0n) is 10.4. The van der Waals surface area contributed by atoms with Gasteiger partial charge in [0.2, 0.25) is 5.91 Å². The van der Waals surface area contributed by atoms with E-state index in [0.717, 1.165) is 15.1 Å². The van der Waals surface area contributed by atoms with Gasteiger partial charge < -0.3 is 11.1 Å². The number of halogens is 2. The third-order valence-electron chi connectivity index (χ3n) is 2.49. The Labute approximate surface area is 135 Å². The summed E-state index contributed by atoms with van der Waals surface area (Å²) in [6.45, 7) is 0. The highest BCUT2D eigenvalue weighted by Crippen LogP contribution is 2.27. The zero-order chi connectivity index (χ0) is 14.5. The monoisotopic (exact) mass is 370 g/mol. The van der Waals surface area contributed by atoms with Crippen LogP contribution in [0.3, 0.4) is 0 Å². The fourth-order valence-corrected chi connectivity index (χ4v) is 2.86. The molecule has 0 spiro atoms. The number of nitrogen functional groups attached to an aromatic ring is 1. The first kappa shape index (κ1) is 15.2. The third kappa shape index (κ3) is 4.16. The van der Waals surface area contributed by atoms with E-state index in [4.69, 9.17) is 17.3 Å². The van der Waals surface area contributed by atoms with Crippen LogP contribution in [0.4, 0.5) is 11.4 Å². The minimum absolute atomic E-state index is 0.0742. The summed E-state index contributed by atoms with van der Waals surface area (Å²) in [6.07, 6.45) is 0. The fraction of sp³-hybridized carbons (Fsp3) is 0.0714. The quantitative estimate of drug-likeness (QED) is 0.618. The number of anilines is 2.